The Bertz CT molecular complexity index is 1150. The molecule has 0 aliphatic carbocycles. The maximum Gasteiger partial charge on any atom is 0.343 e. The molecule has 0 radical (unpaired) electrons. The molecule has 3 aromatic carbocycles. The van der Waals surface area contributed by atoms with Gasteiger partial charge in [-0.25, -0.2) is 4.79 Å². The predicted molar refractivity (Wildman–Crippen MR) is 109 cm³/mol. The molecule has 0 aliphatic heterocycles. The summed E-state index contributed by atoms with van der Waals surface area (Å²) in [6.45, 7) is 0. The lowest BCUT2D eigenvalue weighted by molar-refractivity contribution is 0.0735. The van der Waals surface area contributed by atoms with Crippen molar-refractivity contribution in [3.05, 3.63) is 80.8 Å². The SMILES string of the molecule is O=C(Oc1cc(-c2ccc(Br)cc2)c2oc(=S)sc2c1)c1ccccc1. The lowest BCUT2D eigenvalue weighted by atomic mass is 10.0. The number of carbonyl (C=O) groups excluding carboxylic acids is 1. The van der Waals surface area contributed by atoms with Gasteiger partial charge in [-0.05, 0) is 48.1 Å². The molecule has 3 nitrogen and oxygen atoms in total. The molecule has 1 aromatic heterocycles. The van der Waals surface area contributed by atoms with E-state index in [0.29, 0.717) is 20.9 Å². The Morgan fingerprint density at radius 2 is 1.77 bits per heavy atom. The number of ether oxygens (including phenoxy) is 1. The van der Waals surface area contributed by atoms with Gasteiger partial charge in [-0.15, -0.1) is 0 Å². The summed E-state index contributed by atoms with van der Waals surface area (Å²) in [5, 5.41) is 0. The Hall–Kier alpha value is -2.28. The average molecular weight is 443 g/mol. The van der Waals surface area contributed by atoms with Crippen molar-refractivity contribution in [2.75, 3.05) is 0 Å². The standard InChI is InChI=1S/C20H11BrO3S2/c21-14-8-6-12(7-9-14)16-10-15(11-17-18(16)24-20(25)26-17)23-19(22)13-4-2-1-3-5-13/h1-11H. The summed E-state index contributed by atoms with van der Waals surface area (Å²) in [7, 11) is 0. The summed E-state index contributed by atoms with van der Waals surface area (Å²) in [4.78, 5) is 12.4. The third kappa shape index (κ3) is 3.49. The first-order valence-electron chi connectivity index (χ1n) is 7.71. The molecule has 0 bridgehead atoms. The molecule has 4 aromatic rings. The van der Waals surface area contributed by atoms with E-state index in [2.05, 4.69) is 15.9 Å². The zero-order valence-electron chi connectivity index (χ0n) is 13.3. The van der Waals surface area contributed by atoms with E-state index in [0.717, 1.165) is 20.3 Å². The number of hydrogen-bond donors (Lipinski definition) is 0. The maximum absolute atomic E-state index is 12.4. The molecule has 0 atom stereocenters. The Labute approximate surface area is 167 Å². The highest BCUT2D eigenvalue weighted by Gasteiger charge is 2.15. The van der Waals surface area contributed by atoms with E-state index < -0.39 is 5.97 Å². The molecule has 0 saturated heterocycles. The zero-order chi connectivity index (χ0) is 18.1. The number of halogens is 1. The fourth-order valence-corrected chi connectivity index (χ4v) is 3.94. The van der Waals surface area contributed by atoms with Crippen molar-refractivity contribution in [3.63, 3.8) is 0 Å². The molecular weight excluding hydrogens is 432 g/mol. The van der Waals surface area contributed by atoms with Crippen LogP contribution in [0.2, 0.25) is 0 Å². The van der Waals surface area contributed by atoms with Crippen molar-refractivity contribution in [3.8, 4) is 16.9 Å². The summed E-state index contributed by atoms with van der Waals surface area (Å²) in [5.74, 6) is 0.0510. The number of hydrogen-bond acceptors (Lipinski definition) is 5. The van der Waals surface area contributed by atoms with Gasteiger partial charge in [-0.1, -0.05) is 57.6 Å². The third-order valence-electron chi connectivity index (χ3n) is 3.78. The van der Waals surface area contributed by atoms with Crippen LogP contribution in [0.1, 0.15) is 10.4 Å². The van der Waals surface area contributed by atoms with E-state index in [4.69, 9.17) is 21.4 Å². The Morgan fingerprint density at radius 1 is 1.04 bits per heavy atom. The molecule has 0 N–H and O–H groups in total. The van der Waals surface area contributed by atoms with Crippen LogP contribution in [0, 0.1) is 4.02 Å². The minimum absolute atomic E-state index is 0.404. The van der Waals surface area contributed by atoms with Gasteiger partial charge in [-0.2, -0.15) is 0 Å². The van der Waals surface area contributed by atoms with E-state index in [1.54, 1.807) is 36.4 Å². The first kappa shape index (κ1) is 17.1. The van der Waals surface area contributed by atoms with Crippen molar-refractivity contribution >= 4 is 55.7 Å². The van der Waals surface area contributed by atoms with Crippen LogP contribution >= 0.6 is 39.5 Å². The van der Waals surface area contributed by atoms with Crippen LogP contribution in [-0.4, -0.2) is 5.97 Å². The normalized spacial score (nSPS) is 10.8. The molecule has 0 fully saturated rings. The molecule has 1 heterocycles. The average Bonchev–Trinajstić information content (AvgIpc) is 3.02. The van der Waals surface area contributed by atoms with E-state index in [1.165, 1.54) is 11.3 Å². The molecule has 0 amide bonds. The van der Waals surface area contributed by atoms with E-state index >= 15 is 0 Å². The molecular formula is C20H11BrO3S2. The number of benzene rings is 3. The van der Waals surface area contributed by atoms with Gasteiger partial charge in [0.2, 0.25) is 4.02 Å². The van der Waals surface area contributed by atoms with Crippen LogP contribution in [0.5, 0.6) is 5.75 Å². The van der Waals surface area contributed by atoms with Crippen LogP contribution < -0.4 is 4.74 Å². The van der Waals surface area contributed by atoms with Crippen molar-refractivity contribution < 1.29 is 13.9 Å². The third-order valence-corrected chi connectivity index (χ3v) is 5.42. The molecule has 4 rings (SSSR count). The summed E-state index contributed by atoms with van der Waals surface area (Å²) in [5.41, 5.74) is 2.98. The van der Waals surface area contributed by atoms with E-state index in [1.807, 2.05) is 30.3 Å². The summed E-state index contributed by atoms with van der Waals surface area (Å²) in [6.07, 6.45) is 0. The van der Waals surface area contributed by atoms with Crippen LogP contribution in [0.3, 0.4) is 0 Å². The molecule has 0 saturated carbocycles. The summed E-state index contributed by atoms with van der Waals surface area (Å²) < 4.78 is 13.6. The van der Waals surface area contributed by atoms with Crippen molar-refractivity contribution in [1.29, 1.82) is 0 Å². The van der Waals surface area contributed by atoms with E-state index in [9.17, 15) is 4.79 Å². The largest absolute Gasteiger partial charge is 0.435 e. The quantitative estimate of drug-likeness (QED) is 0.197. The second-order valence-electron chi connectivity index (χ2n) is 5.51. The van der Waals surface area contributed by atoms with Gasteiger partial charge in [0.15, 0.2) is 5.58 Å². The van der Waals surface area contributed by atoms with E-state index in [-0.39, 0.29) is 0 Å². The predicted octanol–water partition coefficient (Wildman–Crippen LogP) is 6.87. The van der Waals surface area contributed by atoms with Crippen LogP contribution in [-0.2, 0) is 0 Å². The second kappa shape index (κ2) is 7.15. The lowest BCUT2D eigenvalue weighted by Gasteiger charge is -2.08. The molecule has 0 aliphatic rings. The Kier molecular flexibility index (Phi) is 4.72. The lowest BCUT2D eigenvalue weighted by Crippen LogP contribution is -2.08. The van der Waals surface area contributed by atoms with Gasteiger partial charge >= 0.3 is 5.97 Å². The fourth-order valence-electron chi connectivity index (χ4n) is 2.59. The molecule has 6 heteroatoms. The highest BCUT2D eigenvalue weighted by molar-refractivity contribution is 9.10. The van der Waals surface area contributed by atoms with Crippen molar-refractivity contribution in [2.45, 2.75) is 0 Å². The highest BCUT2D eigenvalue weighted by atomic mass is 79.9. The maximum atomic E-state index is 12.4. The van der Waals surface area contributed by atoms with Gasteiger partial charge < -0.3 is 9.15 Å². The topological polar surface area (TPSA) is 39.4 Å². The first-order valence-corrected chi connectivity index (χ1v) is 9.73. The molecule has 0 unspecified atom stereocenters. The smallest absolute Gasteiger partial charge is 0.343 e. The monoisotopic (exact) mass is 442 g/mol. The number of fused-ring (bicyclic) bond motifs is 1. The summed E-state index contributed by atoms with van der Waals surface area (Å²) >= 11 is 9.97. The molecule has 26 heavy (non-hydrogen) atoms. The van der Waals surface area contributed by atoms with Gasteiger partial charge in [0.25, 0.3) is 0 Å². The van der Waals surface area contributed by atoms with Crippen molar-refractivity contribution in [2.24, 2.45) is 0 Å². The minimum Gasteiger partial charge on any atom is -0.435 e. The molecule has 0 spiro atoms. The number of rotatable bonds is 3. The van der Waals surface area contributed by atoms with Crippen LogP contribution in [0.4, 0.5) is 0 Å². The fraction of sp³-hybridized carbons (Fsp3) is 0. The zero-order valence-corrected chi connectivity index (χ0v) is 16.5. The van der Waals surface area contributed by atoms with Gasteiger partial charge in [0.05, 0.1) is 10.3 Å². The van der Waals surface area contributed by atoms with Crippen molar-refractivity contribution in [1.82, 2.24) is 0 Å². The second-order valence-corrected chi connectivity index (χ2v) is 8.07. The van der Waals surface area contributed by atoms with Crippen LogP contribution in [0.25, 0.3) is 21.4 Å². The Morgan fingerprint density at radius 3 is 2.50 bits per heavy atom. The first-order chi connectivity index (χ1) is 12.6. The number of esters is 1. The highest BCUT2D eigenvalue weighted by Crippen LogP contribution is 2.37. The van der Waals surface area contributed by atoms with Gasteiger partial charge in [-0.3, -0.25) is 0 Å². The van der Waals surface area contributed by atoms with Crippen LogP contribution in [0.15, 0.2) is 75.6 Å². The van der Waals surface area contributed by atoms with Gasteiger partial charge in [0.1, 0.15) is 5.75 Å². The Balaban J connectivity index is 1.80. The summed E-state index contributed by atoms with van der Waals surface area (Å²) in [6, 6.07) is 20.3. The number of carbonyl (C=O) groups is 1. The molecule has 128 valence electrons. The van der Waals surface area contributed by atoms with Gasteiger partial charge in [0, 0.05) is 16.1 Å². The minimum atomic E-state index is -0.404.